The SMILES string of the molecule is COC(C)CNC(C)(C)CO. The zero-order chi connectivity index (χ0) is 8.91. The van der Waals surface area contributed by atoms with Crippen molar-refractivity contribution in [1.29, 1.82) is 0 Å². The summed E-state index contributed by atoms with van der Waals surface area (Å²) in [5.41, 5.74) is -0.202. The second-order valence-corrected chi connectivity index (χ2v) is 3.47. The van der Waals surface area contributed by atoms with Crippen LogP contribution < -0.4 is 5.32 Å². The smallest absolute Gasteiger partial charge is 0.0667 e. The Morgan fingerprint density at radius 3 is 2.45 bits per heavy atom. The first-order chi connectivity index (χ1) is 5.02. The van der Waals surface area contributed by atoms with Crippen LogP contribution in [0.3, 0.4) is 0 Å². The predicted octanol–water partition coefficient (Wildman–Crippen LogP) is 0.382. The number of aliphatic hydroxyl groups is 1. The van der Waals surface area contributed by atoms with Crippen molar-refractivity contribution in [2.24, 2.45) is 0 Å². The summed E-state index contributed by atoms with van der Waals surface area (Å²) in [4.78, 5) is 0. The molecule has 0 spiro atoms. The van der Waals surface area contributed by atoms with Gasteiger partial charge >= 0.3 is 0 Å². The van der Waals surface area contributed by atoms with Gasteiger partial charge in [0.05, 0.1) is 12.7 Å². The molecule has 0 saturated carbocycles. The third-order valence-electron chi connectivity index (χ3n) is 1.67. The van der Waals surface area contributed by atoms with Crippen LogP contribution in [-0.4, -0.2) is 37.0 Å². The van der Waals surface area contributed by atoms with Crippen LogP contribution in [0.15, 0.2) is 0 Å². The van der Waals surface area contributed by atoms with Gasteiger partial charge in [0, 0.05) is 19.2 Å². The van der Waals surface area contributed by atoms with Gasteiger partial charge < -0.3 is 15.2 Å². The quantitative estimate of drug-likeness (QED) is 0.612. The normalized spacial score (nSPS) is 15.0. The van der Waals surface area contributed by atoms with E-state index in [9.17, 15) is 0 Å². The summed E-state index contributed by atoms with van der Waals surface area (Å²) in [5, 5.41) is 12.1. The number of nitrogens with one attached hydrogen (secondary N) is 1. The Kier molecular flexibility index (Phi) is 4.65. The van der Waals surface area contributed by atoms with Gasteiger partial charge in [-0.05, 0) is 20.8 Å². The van der Waals surface area contributed by atoms with Gasteiger partial charge in [-0.3, -0.25) is 0 Å². The van der Waals surface area contributed by atoms with Crippen molar-refractivity contribution in [2.75, 3.05) is 20.3 Å². The molecule has 0 saturated heterocycles. The Morgan fingerprint density at radius 1 is 1.55 bits per heavy atom. The van der Waals surface area contributed by atoms with Crippen LogP contribution in [0.1, 0.15) is 20.8 Å². The van der Waals surface area contributed by atoms with Crippen LogP contribution in [-0.2, 0) is 4.74 Å². The molecular weight excluding hydrogens is 142 g/mol. The third kappa shape index (κ3) is 5.18. The van der Waals surface area contributed by atoms with E-state index >= 15 is 0 Å². The van der Waals surface area contributed by atoms with Crippen molar-refractivity contribution in [3.05, 3.63) is 0 Å². The molecule has 68 valence electrons. The van der Waals surface area contributed by atoms with E-state index in [1.165, 1.54) is 0 Å². The van der Waals surface area contributed by atoms with Gasteiger partial charge in [0.15, 0.2) is 0 Å². The molecule has 0 aromatic heterocycles. The maximum absolute atomic E-state index is 8.88. The molecule has 1 atom stereocenters. The number of hydrogen-bond acceptors (Lipinski definition) is 3. The van der Waals surface area contributed by atoms with Crippen LogP contribution in [0.2, 0.25) is 0 Å². The van der Waals surface area contributed by atoms with E-state index < -0.39 is 0 Å². The fourth-order valence-corrected chi connectivity index (χ4v) is 0.559. The van der Waals surface area contributed by atoms with Crippen LogP contribution >= 0.6 is 0 Å². The number of aliphatic hydroxyl groups excluding tert-OH is 1. The Balaban J connectivity index is 3.52. The standard InChI is InChI=1S/C8H19NO2/c1-7(11-4)5-9-8(2,3)6-10/h7,9-10H,5-6H2,1-4H3. The molecule has 11 heavy (non-hydrogen) atoms. The van der Waals surface area contributed by atoms with E-state index in [0.29, 0.717) is 0 Å². The van der Waals surface area contributed by atoms with Gasteiger partial charge in [0.2, 0.25) is 0 Å². The van der Waals surface area contributed by atoms with Gasteiger partial charge in [0.25, 0.3) is 0 Å². The number of rotatable bonds is 5. The highest BCUT2D eigenvalue weighted by Crippen LogP contribution is 1.99. The molecule has 3 nitrogen and oxygen atoms in total. The van der Waals surface area contributed by atoms with Crippen LogP contribution in [0, 0.1) is 0 Å². The van der Waals surface area contributed by atoms with Crippen molar-refractivity contribution in [3.63, 3.8) is 0 Å². The monoisotopic (exact) mass is 161 g/mol. The van der Waals surface area contributed by atoms with Crippen molar-refractivity contribution in [1.82, 2.24) is 5.32 Å². The Hall–Kier alpha value is -0.120. The summed E-state index contributed by atoms with van der Waals surface area (Å²) in [6.45, 7) is 6.80. The fraction of sp³-hybridized carbons (Fsp3) is 1.00. The van der Waals surface area contributed by atoms with Crippen molar-refractivity contribution < 1.29 is 9.84 Å². The highest BCUT2D eigenvalue weighted by atomic mass is 16.5. The lowest BCUT2D eigenvalue weighted by Gasteiger charge is -2.25. The zero-order valence-corrected chi connectivity index (χ0v) is 7.85. The van der Waals surface area contributed by atoms with Gasteiger partial charge in [0.1, 0.15) is 0 Å². The van der Waals surface area contributed by atoms with Crippen molar-refractivity contribution in [3.8, 4) is 0 Å². The lowest BCUT2D eigenvalue weighted by Crippen LogP contribution is -2.45. The molecule has 3 heteroatoms. The average molecular weight is 161 g/mol. The molecule has 0 aromatic carbocycles. The molecule has 1 unspecified atom stereocenters. The fourth-order valence-electron chi connectivity index (χ4n) is 0.559. The molecule has 0 aliphatic heterocycles. The predicted molar refractivity (Wildman–Crippen MR) is 45.6 cm³/mol. The minimum absolute atomic E-state index is 0.142. The summed E-state index contributed by atoms with van der Waals surface area (Å²) in [6.07, 6.45) is 0.195. The van der Waals surface area contributed by atoms with Crippen molar-refractivity contribution in [2.45, 2.75) is 32.4 Å². The van der Waals surface area contributed by atoms with E-state index in [-0.39, 0.29) is 18.2 Å². The van der Waals surface area contributed by atoms with Crippen LogP contribution in [0.25, 0.3) is 0 Å². The van der Waals surface area contributed by atoms with E-state index in [0.717, 1.165) is 6.54 Å². The summed E-state index contributed by atoms with van der Waals surface area (Å²) >= 11 is 0. The van der Waals surface area contributed by atoms with E-state index in [1.807, 2.05) is 20.8 Å². The molecule has 0 radical (unpaired) electrons. The topological polar surface area (TPSA) is 41.5 Å². The lowest BCUT2D eigenvalue weighted by molar-refractivity contribution is 0.0995. The van der Waals surface area contributed by atoms with Crippen LogP contribution in [0.4, 0.5) is 0 Å². The van der Waals surface area contributed by atoms with Gasteiger partial charge in [-0.2, -0.15) is 0 Å². The minimum atomic E-state index is -0.202. The molecule has 0 aliphatic rings. The second-order valence-electron chi connectivity index (χ2n) is 3.47. The highest BCUT2D eigenvalue weighted by Gasteiger charge is 2.15. The van der Waals surface area contributed by atoms with Gasteiger partial charge in [-0.25, -0.2) is 0 Å². The van der Waals surface area contributed by atoms with Gasteiger partial charge in [-0.15, -0.1) is 0 Å². The van der Waals surface area contributed by atoms with E-state index in [1.54, 1.807) is 7.11 Å². The molecule has 0 fully saturated rings. The molecule has 0 amide bonds. The molecule has 2 N–H and O–H groups in total. The third-order valence-corrected chi connectivity index (χ3v) is 1.67. The van der Waals surface area contributed by atoms with Crippen molar-refractivity contribution >= 4 is 0 Å². The lowest BCUT2D eigenvalue weighted by atomic mass is 10.1. The molecule has 0 bridgehead atoms. The Morgan fingerprint density at radius 2 is 2.09 bits per heavy atom. The Bertz CT molecular complexity index is 104. The molecular formula is C8H19NO2. The van der Waals surface area contributed by atoms with E-state index in [2.05, 4.69) is 5.32 Å². The largest absolute Gasteiger partial charge is 0.394 e. The molecule has 0 aromatic rings. The molecule has 0 heterocycles. The maximum Gasteiger partial charge on any atom is 0.0667 e. The number of ether oxygens (including phenoxy) is 1. The summed E-state index contributed by atoms with van der Waals surface area (Å²) in [5.74, 6) is 0. The summed E-state index contributed by atoms with van der Waals surface area (Å²) in [6, 6.07) is 0. The molecule has 0 aliphatic carbocycles. The molecule has 0 rings (SSSR count). The van der Waals surface area contributed by atoms with Crippen LogP contribution in [0.5, 0.6) is 0 Å². The first-order valence-corrected chi connectivity index (χ1v) is 3.90. The summed E-state index contributed by atoms with van der Waals surface area (Å²) < 4.78 is 5.05. The highest BCUT2D eigenvalue weighted by molar-refractivity contribution is 4.76. The Labute approximate surface area is 68.8 Å². The first-order valence-electron chi connectivity index (χ1n) is 3.90. The summed E-state index contributed by atoms with van der Waals surface area (Å²) in [7, 11) is 1.68. The zero-order valence-electron chi connectivity index (χ0n) is 7.85. The van der Waals surface area contributed by atoms with E-state index in [4.69, 9.17) is 9.84 Å². The maximum atomic E-state index is 8.88. The number of methoxy groups -OCH3 is 1. The average Bonchev–Trinajstić information content (AvgIpc) is 2.00. The first kappa shape index (κ1) is 10.9. The second kappa shape index (κ2) is 4.70. The number of hydrogen-bond donors (Lipinski definition) is 2. The minimum Gasteiger partial charge on any atom is -0.394 e. The van der Waals surface area contributed by atoms with Gasteiger partial charge in [-0.1, -0.05) is 0 Å².